The fourth-order valence-electron chi connectivity index (χ4n) is 1.18. The fourth-order valence-corrected chi connectivity index (χ4v) is 2.24. The molecule has 0 atom stereocenters. The molecular formula is C7H5F2NO2S. The van der Waals surface area contributed by atoms with Gasteiger partial charge in [0.2, 0.25) is 0 Å². The molecule has 13 heavy (non-hydrogen) atoms. The van der Waals surface area contributed by atoms with Crippen molar-refractivity contribution in [3.05, 3.63) is 29.8 Å². The summed E-state index contributed by atoms with van der Waals surface area (Å²) >= 11 is 0. The Morgan fingerprint density at radius 1 is 1.23 bits per heavy atom. The second kappa shape index (κ2) is 2.20. The van der Waals surface area contributed by atoms with Crippen LogP contribution in [-0.2, 0) is 15.3 Å². The number of anilines is 1. The van der Waals surface area contributed by atoms with Crippen LogP contribution < -0.4 is 4.72 Å². The van der Waals surface area contributed by atoms with Crippen molar-refractivity contribution in [2.75, 3.05) is 4.72 Å². The maximum atomic E-state index is 13.1. The Labute approximate surface area is 73.4 Å². The molecule has 2 rings (SSSR count). The molecule has 0 bridgehead atoms. The van der Waals surface area contributed by atoms with Crippen LogP contribution in [0.1, 0.15) is 5.56 Å². The van der Waals surface area contributed by atoms with E-state index in [-0.39, 0.29) is 5.69 Å². The summed E-state index contributed by atoms with van der Waals surface area (Å²) in [5.41, 5.74) is -0.539. The van der Waals surface area contributed by atoms with E-state index in [0.29, 0.717) is 0 Å². The minimum Gasteiger partial charge on any atom is -0.278 e. The number of para-hydroxylation sites is 1. The molecule has 0 radical (unpaired) electrons. The summed E-state index contributed by atoms with van der Waals surface area (Å²) in [5.74, 6) is 0. The highest BCUT2D eigenvalue weighted by Crippen LogP contribution is 2.44. The number of fused-ring (bicyclic) bond motifs is 1. The number of hydrogen-bond donors (Lipinski definition) is 1. The standard InChI is InChI=1S/C7H5F2NO2S/c8-7(9)5-3-1-2-4-6(5)10-13(7,11)12/h1-4,10H. The van der Waals surface area contributed by atoms with Gasteiger partial charge in [-0.3, -0.25) is 4.72 Å². The van der Waals surface area contributed by atoms with E-state index in [1.807, 2.05) is 0 Å². The van der Waals surface area contributed by atoms with Crippen LogP contribution in [0.4, 0.5) is 14.5 Å². The van der Waals surface area contributed by atoms with E-state index in [1.54, 1.807) is 4.72 Å². The van der Waals surface area contributed by atoms with Crippen LogP contribution in [0.2, 0.25) is 0 Å². The van der Waals surface area contributed by atoms with Crippen LogP contribution in [0.15, 0.2) is 24.3 Å². The number of nitrogens with one attached hydrogen (secondary N) is 1. The summed E-state index contributed by atoms with van der Waals surface area (Å²) in [5, 5.41) is -3.82. The molecule has 1 aromatic rings. The Hall–Kier alpha value is -1.17. The average Bonchev–Trinajstić information content (AvgIpc) is 2.20. The largest absolute Gasteiger partial charge is 0.391 e. The zero-order valence-electron chi connectivity index (χ0n) is 6.29. The molecule has 0 saturated carbocycles. The number of benzene rings is 1. The minimum atomic E-state index is -4.57. The third kappa shape index (κ3) is 0.949. The summed E-state index contributed by atoms with van der Waals surface area (Å²) in [4.78, 5) is 0. The molecule has 3 nitrogen and oxygen atoms in total. The normalized spacial score (nSPS) is 22.0. The lowest BCUT2D eigenvalue weighted by Crippen LogP contribution is -2.23. The van der Waals surface area contributed by atoms with Gasteiger partial charge in [0.1, 0.15) is 0 Å². The molecule has 1 aromatic carbocycles. The topological polar surface area (TPSA) is 46.2 Å². The van der Waals surface area contributed by atoms with Crippen LogP contribution >= 0.6 is 0 Å². The molecule has 6 heteroatoms. The lowest BCUT2D eigenvalue weighted by atomic mass is 10.2. The van der Waals surface area contributed by atoms with Gasteiger partial charge in [-0.25, -0.2) is 0 Å². The van der Waals surface area contributed by atoms with Crippen molar-refractivity contribution in [2.45, 2.75) is 5.25 Å². The molecule has 0 aromatic heterocycles. The first-order valence-electron chi connectivity index (χ1n) is 3.45. The molecule has 70 valence electrons. The second-order valence-corrected chi connectivity index (χ2v) is 4.39. The fraction of sp³-hybridized carbons (Fsp3) is 0.143. The summed E-state index contributed by atoms with van der Waals surface area (Å²) in [6.07, 6.45) is 0. The molecule has 0 saturated heterocycles. The summed E-state index contributed by atoms with van der Waals surface area (Å²) < 4.78 is 49.7. The maximum Gasteiger partial charge on any atom is 0.391 e. The first kappa shape index (κ1) is 8.43. The minimum absolute atomic E-state index is 0.0486. The van der Waals surface area contributed by atoms with Gasteiger partial charge in [0.15, 0.2) is 0 Å². The Morgan fingerprint density at radius 2 is 1.85 bits per heavy atom. The van der Waals surface area contributed by atoms with Gasteiger partial charge in [0.25, 0.3) is 0 Å². The van der Waals surface area contributed by atoms with Crippen molar-refractivity contribution >= 4 is 15.7 Å². The van der Waals surface area contributed by atoms with E-state index < -0.39 is 20.8 Å². The Bertz CT molecular complexity index is 455. The van der Waals surface area contributed by atoms with Crippen molar-refractivity contribution < 1.29 is 17.2 Å². The monoisotopic (exact) mass is 205 g/mol. The lowest BCUT2D eigenvalue weighted by molar-refractivity contribution is 0.0955. The highest BCUT2D eigenvalue weighted by Gasteiger charge is 2.53. The second-order valence-electron chi connectivity index (χ2n) is 2.67. The van der Waals surface area contributed by atoms with E-state index >= 15 is 0 Å². The SMILES string of the molecule is O=S1(=O)Nc2ccccc2C1(F)F. The smallest absolute Gasteiger partial charge is 0.278 e. The van der Waals surface area contributed by atoms with Crippen molar-refractivity contribution in [1.29, 1.82) is 0 Å². The Kier molecular flexibility index (Phi) is 1.42. The van der Waals surface area contributed by atoms with Gasteiger partial charge in [-0.2, -0.15) is 17.2 Å². The van der Waals surface area contributed by atoms with Gasteiger partial charge >= 0.3 is 15.3 Å². The number of halogens is 2. The van der Waals surface area contributed by atoms with E-state index in [0.717, 1.165) is 6.07 Å². The predicted molar refractivity (Wildman–Crippen MR) is 42.9 cm³/mol. The Balaban J connectivity index is 2.74. The van der Waals surface area contributed by atoms with Crippen molar-refractivity contribution in [3.8, 4) is 0 Å². The number of rotatable bonds is 0. The van der Waals surface area contributed by atoms with Crippen molar-refractivity contribution in [1.82, 2.24) is 0 Å². The lowest BCUT2D eigenvalue weighted by Gasteiger charge is -2.06. The van der Waals surface area contributed by atoms with Gasteiger partial charge < -0.3 is 0 Å². The van der Waals surface area contributed by atoms with Gasteiger partial charge in [-0.1, -0.05) is 12.1 Å². The molecule has 0 spiro atoms. The quantitative estimate of drug-likeness (QED) is 0.697. The van der Waals surface area contributed by atoms with Crippen LogP contribution in [0, 0.1) is 0 Å². The zero-order valence-corrected chi connectivity index (χ0v) is 7.11. The average molecular weight is 205 g/mol. The van der Waals surface area contributed by atoms with Crippen molar-refractivity contribution in [2.24, 2.45) is 0 Å². The molecule has 1 N–H and O–H groups in total. The van der Waals surface area contributed by atoms with Crippen molar-refractivity contribution in [3.63, 3.8) is 0 Å². The van der Waals surface area contributed by atoms with E-state index in [9.17, 15) is 17.2 Å². The Morgan fingerprint density at radius 3 is 2.46 bits per heavy atom. The summed E-state index contributed by atoms with van der Waals surface area (Å²) in [6, 6.07) is 5.25. The van der Waals surface area contributed by atoms with Crippen LogP contribution in [0.3, 0.4) is 0 Å². The number of hydrogen-bond acceptors (Lipinski definition) is 2. The molecule has 0 unspecified atom stereocenters. The van der Waals surface area contributed by atoms with Crippen LogP contribution in [-0.4, -0.2) is 8.42 Å². The molecule has 0 amide bonds. The molecule has 1 heterocycles. The highest BCUT2D eigenvalue weighted by molar-refractivity contribution is 7.93. The van der Waals surface area contributed by atoms with Gasteiger partial charge in [-0.15, -0.1) is 0 Å². The molecule has 0 fully saturated rings. The van der Waals surface area contributed by atoms with Crippen LogP contribution in [0.25, 0.3) is 0 Å². The number of alkyl halides is 2. The van der Waals surface area contributed by atoms with Gasteiger partial charge in [-0.05, 0) is 12.1 Å². The first-order chi connectivity index (χ1) is 5.95. The van der Waals surface area contributed by atoms with Crippen LogP contribution in [0.5, 0.6) is 0 Å². The molecule has 1 aliphatic rings. The summed E-state index contributed by atoms with van der Waals surface area (Å²) in [6.45, 7) is 0. The molecule has 0 aliphatic carbocycles. The van der Waals surface area contributed by atoms with Gasteiger partial charge in [0.05, 0.1) is 11.3 Å². The van der Waals surface area contributed by atoms with E-state index in [2.05, 4.69) is 0 Å². The van der Waals surface area contributed by atoms with Gasteiger partial charge in [0, 0.05) is 0 Å². The zero-order chi connectivity index (χ0) is 9.69. The third-order valence-electron chi connectivity index (χ3n) is 1.82. The summed E-state index contributed by atoms with van der Waals surface area (Å²) in [7, 11) is -4.57. The van der Waals surface area contributed by atoms with E-state index in [1.165, 1.54) is 18.2 Å². The molecular weight excluding hydrogens is 200 g/mol. The third-order valence-corrected chi connectivity index (χ3v) is 3.21. The molecule has 1 aliphatic heterocycles. The first-order valence-corrected chi connectivity index (χ1v) is 4.93. The number of sulfonamides is 1. The van der Waals surface area contributed by atoms with E-state index in [4.69, 9.17) is 0 Å². The maximum absolute atomic E-state index is 13.1. The predicted octanol–water partition coefficient (Wildman–Crippen LogP) is 1.49. The highest BCUT2D eigenvalue weighted by atomic mass is 32.2.